The summed E-state index contributed by atoms with van der Waals surface area (Å²) in [5.41, 5.74) is 1.96. The van der Waals surface area contributed by atoms with Gasteiger partial charge in [0.2, 0.25) is 0 Å². The maximum absolute atomic E-state index is 13.0. The van der Waals surface area contributed by atoms with E-state index >= 15 is 0 Å². The van der Waals surface area contributed by atoms with Gasteiger partial charge >= 0.3 is 0 Å². The monoisotopic (exact) mass is 383 g/mol. The molecule has 0 bridgehead atoms. The van der Waals surface area contributed by atoms with Gasteiger partial charge in [0.05, 0.1) is 20.6 Å². The van der Waals surface area contributed by atoms with Crippen LogP contribution in [0.4, 0.5) is 5.69 Å². The van der Waals surface area contributed by atoms with Crippen molar-refractivity contribution in [1.29, 1.82) is 0 Å². The summed E-state index contributed by atoms with van der Waals surface area (Å²) >= 11 is 11.8. The minimum atomic E-state index is -3.78. The molecule has 0 aromatic heterocycles. The molecule has 0 saturated carbocycles. The van der Waals surface area contributed by atoms with E-state index in [1.807, 2.05) is 6.07 Å². The molecule has 2 aromatic carbocycles. The Balaban J connectivity index is 2.12. The fourth-order valence-corrected chi connectivity index (χ4v) is 4.70. The van der Waals surface area contributed by atoms with Crippen molar-refractivity contribution < 1.29 is 13.2 Å². The fourth-order valence-electron chi connectivity index (χ4n) is 2.77. The SMILES string of the molecule is CC(=O)c1ccc2c(c1)N(S(=O)(=O)c1ccc(Cl)c(Cl)c1)CCC2. The topological polar surface area (TPSA) is 54.5 Å². The van der Waals surface area contributed by atoms with E-state index in [-0.39, 0.29) is 15.7 Å². The van der Waals surface area contributed by atoms with E-state index < -0.39 is 10.0 Å². The van der Waals surface area contributed by atoms with Crippen molar-refractivity contribution in [3.8, 4) is 0 Å². The van der Waals surface area contributed by atoms with Crippen LogP contribution in [0.2, 0.25) is 10.0 Å². The summed E-state index contributed by atoms with van der Waals surface area (Å²) in [6, 6.07) is 9.45. The third-order valence-electron chi connectivity index (χ3n) is 4.05. The summed E-state index contributed by atoms with van der Waals surface area (Å²) in [6.45, 7) is 1.82. The lowest BCUT2D eigenvalue weighted by molar-refractivity contribution is 0.101. The highest BCUT2D eigenvalue weighted by molar-refractivity contribution is 7.92. The van der Waals surface area contributed by atoms with Gasteiger partial charge in [-0.15, -0.1) is 0 Å². The van der Waals surface area contributed by atoms with Crippen LogP contribution in [0.1, 0.15) is 29.3 Å². The van der Waals surface area contributed by atoms with Gasteiger partial charge in [-0.05, 0) is 49.6 Å². The number of aryl methyl sites for hydroxylation is 1. The van der Waals surface area contributed by atoms with Gasteiger partial charge in [-0.1, -0.05) is 35.3 Å². The van der Waals surface area contributed by atoms with E-state index in [9.17, 15) is 13.2 Å². The second-order valence-corrected chi connectivity index (χ2v) is 8.33. The zero-order valence-electron chi connectivity index (χ0n) is 12.9. The van der Waals surface area contributed by atoms with Crippen LogP contribution in [-0.2, 0) is 16.4 Å². The molecule has 0 fully saturated rings. The van der Waals surface area contributed by atoms with E-state index in [0.717, 1.165) is 12.0 Å². The van der Waals surface area contributed by atoms with Gasteiger partial charge in [-0.3, -0.25) is 9.10 Å². The smallest absolute Gasteiger partial charge is 0.264 e. The molecule has 1 aliphatic rings. The number of anilines is 1. The molecule has 4 nitrogen and oxygen atoms in total. The van der Waals surface area contributed by atoms with Gasteiger partial charge in [0.1, 0.15) is 0 Å². The number of hydrogen-bond acceptors (Lipinski definition) is 3. The molecule has 0 atom stereocenters. The average molecular weight is 384 g/mol. The lowest BCUT2D eigenvalue weighted by Crippen LogP contribution is -2.35. The van der Waals surface area contributed by atoms with Gasteiger partial charge in [0.25, 0.3) is 10.0 Å². The predicted octanol–water partition coefficient (Wildman–Crippen LogP) is 4.34. The highest BCUT2D eigenvalue weighted by Crippen LogP contribution is 2.34. The van der Waals surface area contributed by atoms with E-state index in [1.165, 1.54) is 29.4 Å². The standard InChI is InChI=1S/C17H15Cl2NO3S/c1-11(21)13-5-4-12-3-2-8-20(17(12)9-13)24(22,23)14-6-7-15(18)16(19)10-14/h4-7,9-10H,2-3,8H2,1H3. The first-order valence-electron chi connectivity index (χ1n) is 7.42. The Bertz CT molecular complexity index is 925. The molecule has 0 aliphatic carbocycles. The van der Waals surface area contributed by atoms with Crippen LogP contribution in [0.25, 0.3) is 0 Å². The Hall–Kier alpha value is -1.56. The highest BCUT2D eigenvalue weighted by Gasteiger charge is 2.30. The maximum atomic E-state index is 13.0. The molecule has 0 unspecified atom stereocenters. The number of benzene rings is 2. The summed E-state index contributed by atoms with van der Waals surface area (Å²) in [4.78, 5) is 11.7. The molecule has 0 radical (unpaired) electrons. The number of nitrogens with zero attached hydrogens (tertiary/aromatic N) is 1. The quantitative estimate of drug-likeness (QED) is 0.740. The fraction of sp³-hybridized carbons (Fsp3) is 0.235. The number of fused-ring (bicyclic) bond motifs is 1. The number of sulfonamides is 1. The van der Waals surface area contributed by atoms with Gasteiger partial charge in [-0.25, -0.2) is 8.42 Å². The third-order valence-corrected chi connectivity index (χ3v) is 6.60. The summed E-state index contributed by atoms with van der Waals surface area (Å²) in [5.74, 6) is -0.102. The minimum absolute atomic E-state index is 0.0815. The minimum Gasteiger partial charge on any atom is -0.295 e. The van der Waals surface area contributed by atoms with Crippen LogP contribution < -0.4 is 4.31 Å². The summed E-state index contributed by atoms with van der Waals surface area (Å²) in [5, 5.41) is 0.487. The van der Waals surface area contributed by atoms with Crippen molar-refractivity contribution in [2.24, 2.45) is 0 Å². The number of hydrogen-bond donors (Lipinski definition) is 0. The molecule has 0 amide bonds. The third kappa shape index (κ3) is 3.04. The van der Waals surface area contributed by atoms with Crippen molar-refractivity contribution >= 4 is 44.7 Å². The Kier molecular flexibility index (Phi) is 4.60. The van der Waals surface area contributed by atoms with Crippen LogP contribution in [-0.4, -0.2) is 20.7 Å². The molecule has 2 aromatic rings. The van der Waals surface area contributed by atoms with E-state index in [1.54, 1.807) is 12.1 Å². The van der Waals surface area contributed by atoms with E-state index in [4.69, 9.17) is 23.2 Å². The molecule has 0 spiro atoms. The number of carbonyl (C=O) groups excluding carboxylic acids is 1. The van der Waals surface area contributed by atoms with Crippen LogP contribution >= 0.6 is 23.2 Å². The van der Waals surface area contributed by atoms with E-state index in [2.05, 4.69) is 0 Å². The number of carbonyl (C=O) groups is 1. The van der Waals surface area contributed by atoms with Gasteiger partial charge < -0.3 is 0 Å². The summed E-state index contributed by atoms with van der Waals surface area (Å²) < 4.78 is 27.4. The number of rotatable bonds is 3. The molecule has 1 aliphatic heterocycles. The molecular weight excluding hydrogens is 369 g/mol. The summed E-state index contributed by atoms with van der Waals surface area (Å²) in [6.07, 6.45) is 1.49. The number of Topliss-reactive ketones (excluding diaryl/α,β-unsaturated/α-hetero) is 1. The zero-order valence-corrected chi connectivity index (χ0v) is 15.2. The van der Waals surface area contributed by atoms with Gasteiger partial charge in [0, 0.05) is 12.1 Å². The molecule has 126 valence electrons. The Morgan fingerprint density at radius 2 is 1.83 bits per heavy atom. The van der Waals surface area contributed by atoms with Crippen LogP contribution in [0.5, 0.6) is 0 Å². The van der Waals surface area contributed by atoms with Gasteiger partial charge in [-0.2, -0.15) is 0 Å². The first kappa shape index (κ1) is 17.3. The van der Waals surface area contributed by atoms with Crippen LogP contribution in [0, 0.1) is 0 Å². The second-order valence-electron chi connectivity index (χ2n) is 5.66. The van der Waals surface area contributed by atoms with Crippen molar-refractivity contribution in [3.05, 3.63) is 57.6 Å². The molecular formula is C17H15Cl2NO3S. The Morgan fingerprint density at radius 1 is 1.08 bits per heavy atom. The normalized spacial score (nSPS) is 14.4. The van der Waals surface area contributed by atoms with Crippen molar-refractivity contribution in [2.45, 2.75) is 24.7 Å². The Labute approximate surface area is 151 Å². The van der Waals surface area contributed by atoms with Crippen molar-refractivity contribution in [3.63, 3.8) is 0 Å². The molecule has 3 rings (SSSR count). The molecule has 0 N–H and O–H groups in total. The molecule has 7 heteroatoms. The zero-order chi connectivity index (χ0) is 17.5. The lowest BCUT2D eigenvalue weighted by atomic mass is 10.00. The molecule has 1 heterocycles. The molecule has 0 saturated heterocycles. The first-order valence-corrected chi connectivity index (χ1v) is 9.62. The first-order chi connectivity index (χ1) is 11.3. The predicted molar refractivity (Wildman–Crippen MR) is 95.8 cm³/mol. The van der Waals surface area contributed by atoms with Crippen LogP contribution in [0.3, 0.4) is 0 Å². The number of ketones is 1. The maximum Gasteiger partial charge on any atom is 0.264 e. The second kappa shape index (κ2) is 6.39. The van der Waals surface area contributed by atoms with Crippen LogP contribution in [0.15, 0.2) is 41.3 Å². The summed E-state index contributed by atoms with van der Waals surface area (Å²) in [7, 11) is -3.78. The van der Waals surface area contributed by atoms with E-state index in [0.29, 0.717) is 29.2 Å². The van der Waals surface area contributed by atoms with Crippen molar-refractivity contribution in [2.75, 3.05) is 10.8 Å². The Morgan fingerprint density at radius 3 is 2.50 bits per heavy atom. The van der Waals surface area contributed by atoms with Crippen molar-refractivity contribution in [1.82, 2.24) is 0 Å². The highest BCUT2D eigenvalue weighted by atomic mass is 35.5. The lowest BCUT2D eigenvalue weighted by Gasteiger charge is -2.31. The number of halogens is 2. The largest absolute Gasteiger partial charge is 0.295 e. The van der Waals surface area contributed by atoms with Gasteiger partial charge in [0.15, 0.2) is 5.78 Å². The average Bonchev–Trinajstić information content (AvgIpc) is 2.56. The molecule has 24 heavy (non-hydrogen) atoms.